The number of likely N-dealkylation sites (tertiary alicyclic amines) is 1. The maximum absolute atomic E-state index is 13.8. The molecular formula is C17H25ClFN3O. The Morgan fingerprint density at radius 1 is 1.57 bits per heavy atom. The van der Waals surface area contributed by atoms with Gasteiger partial charge in [0, 0.05) is 12.6 Å². The third-order valence-electron chi connectivity index (χ3n) is 4.53. The van der Waals surface area contributed by atoms with Gasteiger partial charge in [0.15, 0.2) is 0 Å². The number of hydrogen-bond donors (Lipinski definition) is 2. The second-order valence-corrected chi connectivity index (χ2v) is 6.70. The van der Waals surface area contributed by atoms with Crippen LogP contribution in [0.5, 0.6) is 0 Å². The molecule has 1 aromatic rings. The summed E-state index contributed by atoms with van der Waals surface area (Å²) in [5.41, 5.74) is 6.73. The van der Waals surface area contributed by atoms with Gasteiger partial charge in [0.2, 0.25) is 5.91 Å². The number of nitrogens with zero attached hydrogens (tertiary/aromatic N) is 1. The van der Waals surface area contributed by atoms with Gasteiger partial charge in [0.05, 0.1) is 11.1 Å². The number of nitrogens with two attached hydrogens (primary N) is 1. The smallest absolute Gasteiger partial charge is 0.236 e. The molecule has 0 bridgehead atoms. The Labute approximate surface area is 142 Å². The lowest BCUT2D eigenvalue weighted by Crippen LogP contribution is -2.42. The zero-order valence-corrected chi connectivity index (χ0v) is 14.4. The SMILES string of the molecule is CCCC(N)C(=O)NCC1CCN(C)C1c1ccc(Cl)c(F)c1. The highest BCUT2D eigenvalue weighted by Crippen LogP contribution is 2.36. The molecule has 23 heavy (non-hydrogen) atoms. The van der Waals surface area contributed by atoms with Crippen LogP contribution < -0.4 is 11.1 Å². The summed E-state index contributed by atoms with van der Waals surface area (Å²) in [5.74, 6) is -0.280. The summed E-state index contributed by atoms with van der Waals surface area (Å²) in [7, 11) is 2.02. The number of halogens is 2. The summed E-state index contributed by atoms with van der Waals surface area (Å²) in [6.45, 7) is 3.47. The quantitative estimate of drug-likeness (QED) is 0.836. The highest BCUT2D eigenvalue weighted by molar-refractivity contribution is 6.30. The van der Waals surface area contributed by atoms with Crippen molar-refractivity contribution in [2.24, 2.45) is 11.7 Å². The lowest BCUT2D eigenvalue weighted by Gasteiger charge is -2.26. The predicted molar refractivity (Wildman–Crippen MR) is 90.8 cm³/mol. The van der Waals surface area contributed by atoms with Crippen LogP contribution in [-0.4, -0.2) is 37.0 Å². The molecule has 0 aromatic heterocycles. The molecule has 3 N–H and O–H groups in total. The van der Waals surface area contributed by atoms with Crippen molar-refractivity contribution in [3.63, 3.8) is 0 Å². The number of nitrogens with one attached hydrogen (secondary N) is 1. The largest absolute Gasteiger partial charge is 0.354 e. The Hall–Kier alpha value is -1.17. The molecule has 2 rings (SSSR count). The van der Waals surface area contributed by atoms with Crippen LogP contribution in [-0.2, 0) is 4.79 Å². The van der Waals surface area contributed by atoms with E-state index in [0.717, 1.165) is 24.9 Å². The molecule has 128 valence electrons. The minimum Gasteiger partial charge on any atom is -0.354 e. The first-order valence-electron chi connectivity index (χ1n) is 8.12. The summed E-state index contributed by atoms with van der Waals surface area (Å²) in [6, 6.07) is 4.56. The van der Waals surface area contributed by atoms with Gasteiger partial charge in [-0.05, 0) is 50.0 Å². The van der Waals surface area contributed by atoms with Crippen molar-refractivity contribution in [2.75, 3.05) is 20.1 Å². The molecular weight excluding hydrogens is 317 g/mol. The average Bonchev–Trinajstić information content (AvgIpc) is 2.89. The molecule has 0 spiro atoms. The van der Waals surface area contributed by atoms with E-state index in [1.165, 1.54) is 6.07 Å². The van der Waals surface area contributed by atoms with Gasteiger partial charge in [-0.3, -0.25) is 9.69 Å². The third-order valence-corrected chi connectivity index (χ3v) is 4.84. The minimum absolute atomic E-state index is 0.0736. The standard InChI is InChI=1S/C17H25ClFN3O/c1-3-4-15(20)17(23)21-10-12-7-8-22(2)16(12)11-5-6-13(18)14(19)9-11/h5-6,9,12,15-16H,3-4,7-8,10,20H2,1-2H3,(H,21,23). The summed E-state index contributed by atoms with van der Waals surface area (Å²) < 4.78 is 13.8. The molecule has 0 aliphatic carbocycles. The van der Waals surface area contributed by atoms with E-state index in [2.05, 4.69) is 10.2 Å². The van der Waals surface area contributed by atoms with E-state index in [1.54, 1.807) is 6.07 Å². The van der Waals surface area contributed by atoms with E-state index in [-0.39, 0.29) is 22.9 Å². The van der Waals surface area contributed by atoms with Crippen LogP contribution in [0.4, 0.5) is 4.39 Å². The van der Waals surface area contributed by atoms with Crippen molar-refractivity contribution in [2.45, 2.75) is 38.3 Å². The number of rotatable bonds is 6. The molecule has 1 aromatic carbocycles. The molecule has 3 atom stereocenters. The maximum atomic E-state index is 13.8. The van der Waals surface area contributed by atoms with Gasteiger partial charge in [-0.25, -0.2) is 4.39 Å². The van der Waals surface area contributed by atoms with Crippen LogP contribution in [0.3, 0.4) is 0 Å². The van der Waals surface area contributed by atoms with Gasteiger partial charge in [-0.1, -0.05) is 31.0 Å². The zero-order chi connectivity index (χ0) is 17.0. The fourth-order valence-corrected chi connectivity index (χ4v) is 3.39. The third kappa shape index (κ3) is 4.43. The summed E-state index contributed by atoms with van der Waals surface area (Å²) >= 11 is 5.77. The molecule has 0 saturated carbocycles. The molecule has 6 heteroatoms. The van der Waals surface area contributed by atoms with Gasteiger partial charge < -0.3 is 11.1 Å². The van der Waals surface area contributed by atoms with E-state index >= 15 is 0 Å². The van der Waals surface area contributed by atoms with Crippen LogP contribution >= 0.6 is 11.6 Å². The van der Waals surface area contributed by atoms with Crippen LogP contribution in [0.15, 0.2) is 18.2 Å². The molecule has 1 saturated heterocycles. The van der Waals surface area contributed by atoms with Gasteiger partial charge in [0.25, 0.3) is 0 Å². The Balaban J connectivity index is 2.03. The van der Waals surface area contributed by atoms with Gasteiger partial charge in [0.1, 0.15) is 5.82 Å². The fourth-order valence-electron chi connectivity index (χ4n) is 3.27. The average molecular weight is 342 g/mol. The topological polar surface area (TPSA) is 58.4 Å². The van der Waals surface area contributed by atoms with Crippen molar-refractivity contribution in [3.8, 4) is 0 Å². The van der Waals surface area contributed by atoms with Crippen molar-refractivity contribution >= 4 is 17.5 Å². The van der Waals surface area contributed by atoms with E-state index in [4.69, 9.17) is 17.3 Å². The molecule has 1 amide bonds. The van der Waals surface area contributed by atoms with Crippen molar-refractivity contribution in [1.29, 1.82) is 0 Å². The highest BCUT2D eigenvalue weighted by atomic mass is 35.5. The van der Waals surface area contributed by atoms with Crippen molar-refractivity contribution < 1.29 is 9.18 Å². The van der Waals surface area contributed by atoms with E-state index in [9.17, 15) is 9.18 Å². The van der Waals surface area contributed by atoms with Crippen LogP contribution in [0.25, 0.3) is 0 Å². The highest BCUT2D eigenvalue weighted by Gasteiger charge is 2.33. The second kappa shape index (κ2) is 8.08. The summed E-state index contributed by atoms with van der Waals surface area (Å²) in [6.07, 6.45) is 2.52. The van der Waals surface area contributed by atoms with Gasteiger partial charge in [-0.2, -0.15) is 0 Å². The molecule has 1 heterocycles. The van der Waals surface area contributed by atoms with Crippen molar-refractivity contribution in [1.82, 2.24) is 10.2 Å². The van der Waals surface area contributed by atoms with E-state index in [1.807, 2.05) is 20.0 Å². The molecule has 1 aliphatic rings. The first-order valence-corrected chi connectivity index (χ1v) is 8.50. The zero-order valence-electron chi connectivity index (χ0n) is 13.7. The summed E-state index contributed by atoms with van der Waals surface area (Å²) in [5, 5.41) is 3.07. The fraction of sp³-hybridized carbons (Fsp3) is 0.588. The number of hydrogen-bond acceptors (Lipinski definition) is 3. The van der Waals surface area contributed by atoms with E-state index < -0.39 is 11.9 Å². The number of carbonyl (C=O) groups is 1. The Bertz CT molecular complexity index is 555. The first kappa shape index (κ1) is 18.2. The summed E-state index contributed by atoms with van der Waals surface area (Å²) in [4.78, 5) is 14.2. The van der Waals surface area contributed by atoms with Gasteiger partial charge >= 0.3 is 0 Å². The lowest BCUT2D eigenvalue weighted by atomic mass is 9.93. The maximum Gasteiger partial charge on any atom is 0.236 e. The lowest BCUT2D eigenvalue weighted by molar-refractivity contribution is -0.122. The van der Waals surface area contributed by atoms with E-state index in [0.29, 0.717) is 13.0 Å². The monoisotopic (exact) mass is 341 g/mol. The second-order valence-electron chi connectivity index (χ2n) is 6.29. The Kier molecular flexibility index (Phi) is 6.39. The van der Waals surface area contributed by atoms with Crippen LogP contribution in [0, 0.1) is 11.7 Å². The molecule has 0 radical (unpaired) electrons. The first-order chi connectivity index (χ1) is 10.9. The Morgan fingerprint density at radius 3 is 2.96 bits per heavy atom. The molecule has 1 fully saturated rings. The molecule has 1 aliphatic heterocycles. The molecule has 3 unspecified atom stereocenters. The van der Waals surface area contributed by atoms with Gasteiger partial charge in [-0.15, -0.1) is 0 Å². The Morgan fingerprint density at radius 2 is 2.30 bits per heavy atom. The molecule has 4 nitrogen and oxygen atoms in total. The number of carbonyl (C=O) groups excluding carboxylic acids is 1. The van der Waals surface area contributed by atoms with Crippen LogP contribution in [0.1, 0.15) is 37.8 Å². The van der Waals surface area contributed by atoms with Crippen molar-refractivity contribution in [3.05, 3.63) is 34.6 Å². The predicted octanol–water partition coefficient (Wildman–Crippen LogP) is 2.72. The number of amides is 1. The minimum atomic E-state index is -0.453. The normalized spacial score (nSPS) is 23.0. The van der Waals surface area contributed by atoms with Crippen LogP contribution in [0.2, 0.25) is 5.02 Å². The number of benzene rings is 1.